The minimum absolute atomic E-state index is 0.199. The number of carbonyl (C=O) groups excluding carboxylic acids is 1. The first-order valence-corrected chi connectivity index (χ1v) is 8.43. The Bertz CT molecular complexity index is 885. The zero-order valence-corrected chi connectivity index (χ0v) is 14.9. The number of imidazole rings is 1. The second-order valence-electron chi connectivity index (χ2n) is 5.41. The zero-order valence-electron chi connectivity index (χ0n) is 14.1. The molecular weight excluding hydrogens is 345 g/mol. The van der Waals surface area contributed by atoms with Gasteiger partial charge < -0.3 is 14.8 Å². The Balaban J connectivity index is 1.82. The Morgan fingerprint density at radius 3 is 2.60 bits per heavy atom. The predicted octanol–water partition coefficient (Wildman–Crippen LogP) is 2.86. The van der Waals surface area contributed by atoms with Crippen molar-refractivity contribution in [3.05, 3.63) is 46.9 Å². The van der Waals surface area contributed by atoms with Crippen molar-refractivity contribution in [2.45, 2.75) is 13.2 Å². The van der Waals surface area contributed by atoms with Gasteiger partial charge in [-0.05, 0) is 31.2 Å². The molecule has 0 aliphatic heterocycles. The number of benzene rings is 1. The van der Waals surface area contributed by atoms with Crippen LogP contribution in [0.3, 0.4) is 0 Å². The number of amides is 1. The van der Waals surface area contributed by atoms with E-state index in [0.29, 0.717) is 9.84 Å². The molecule has 0 saturated carbocycles. The third-order valence-corrected chi connectivity index (χ3v) is 5.01. The van der Waals surface area contributed by atoms with Crippen LogP contribution in [-0.2, 0) is 9.47 Å². The second kappa shape index (κ2) is 7.30. The van der Waals surface area contributed by atoms with Crippen LogP contribution < -0.4 is 5.32 Å². The number of aryl methyl sites for hydroxylation is 1. The summed E-state index contributed by atoms with van der Waals surface area (Å²) in [5.74, 6) is -0.485. The van der Waals surface area contributed by atoms with E-state index in [-0.39, 0.29) is 18.3 Å². The van der Waals surface area contributed by atoms with Crippen molar-refractivity contribution < 1.29 is 18.7 Å². The first kappa shape index (κ1) is 17.5. The van der Waals surface area contributed by atoms with Crippen molar-refractivity contribution >= 4 is 22.2 Å². The highest BCUT2D eigenvalue weighted by Crippen LogP contribution is 2.27. The molecule has 2 heterocycles. The Morgan fingerprint density at radius 2 is 2.00 bits per heavy atom. The number of fused-ring (bicyclic) bond motifs is 1. The molecule has 0 fully saturated rings. The van der Waals surface area contributed by atoms with Crippen LogP contribution in [0.4, 0.5) is 4.39 Å². The third-order valence-electron chi connectivity index (χ3n) is 3.86. The lowest BCUT2D eigenvalue weighted by Gasteiger charge is -2.13. The summed E-state index contributed by atoms with van der Waals surface area (Å²) < 4.78 is 25.0. The van der Waals surface area contributed by atoms with Gasteiger partial charge in [0.25, 0.3) is 5.91 Å². The van der Waals surface area contributed by atoms with Crippen LogP contribution in [0.5, 0.6) is 0 Å². The lowest BCUT2D eigenvalue weighted by molar-refractivity contribution is -0.0974. The molecule has 0 aliphatic rings. The number of nitrogens with zero attached hydrogens (tertiary/aromatic N) is 2. The molecule has 25 heavy (non-hydrogen) atoms. The molecular formula is C17H18FN3O3S. The average molecular weight is 363 g/mol. The molecule has 1 aromatic carbocycles. The fourth-order valence-electron chi connectivity index (χ4n) is 2.44. The van der Waals surface area contributed by atoms with Crippen LogP contribution in [0, 0.1) is 12.7 Å². The van der Waals surface area contributed by atoms with Gasteiger partial charge in [-0.1, -0.05) is 11.3 Å². The third kappa shape index (κ3) is 3.55. The largest absolute Gasteiger partial charge is 0.354 e. The first-order chi connectivity index (χ1) is 12.0. The van der Waals surface area contributed by atoms with Gasteiger partial charge >= 0.3 is 0 Å². The number of aromatic nitrogens is 2. The highest BCUT2D eigenvalue weighted by molar-refractivity contribution is 7.19. The molecule has 132 valence electrons. The minimum Gasteiger partial charge on any atom is -0.354 e. The molecule has 0 unspecified atom stereocenters. The van der Waals surface area contributed by atoms with Gasteiger partial charge in [0.2, 0.25) is 0 Å². The molecule has 6 nitrogen and oxygen atoms in total. The van der Waals surface area contributed by atoms with Gasteiger partial charge in [0.15, 0.2) is 11.3 Å². The van der Waals surface area contributed by atoms with Gasteiger partial charge in [0.05, 0.1) is 12.2 Å². The van der Waals surface area contributed by atoms with E-state index in [4.69, 9.17) is 9.47 Å². The van der Waals surface area contributed by atoms with Crippen LogP contribution in [0.15, 0.2) is 30.5 Å². The van der Waals surface area contributed by atoms with Gasteiger partial charge in [-0.15, -0.1) is 0 Å². The summed E-state index contributed by atoms with van der Waals surface area (Å²) in [4.78, 5) is 18.2. The number of nitrogens with one attached hydrogen (secondary N) is 1. The Kier molecular flexibility index (Phi) is 5.12. The fraction of sp³-hybridized carbons (Fsp3) is 0.294. The van der Waals surface area contributed by atoms with E-state index in [1.165, 1.54) is 37.7 Å². The molecule has 0 atom stereocenters. The molecule has 2 aromatic heterocycles. The van der Waals surface area contributed by atoms with E-state index >= 15 is 0 Å². The fourth-order valence-corrected chi connectivity index (χ4v) is 3.47. The van der Waals surface area contributed by atoms with Crippen molar-refractivity contribution in [2.75, 3.05) is 20.8 Å². The SMILES string of the molecule is COC(CNC(=O)c1sc2nc(-c3ccc(F)cc3)cn2c1C)OC. The van der Waals surface area contributed by atoms with Crippen molar-refractivity contribution in [3.8, 4) is 11.3 Å². The summed E-state index contributed by atoms with van der Waals surface area (Å²) >= 11 is 1.30. The first-order valence-electron chi connectivity index (χ1n) is 7.61. The summed E-state index contributed by atoms with van der Waals surface area (Å²) in [7, 11) is 3.03. The molecule has 0 spiro atoms. The zero-order chi connectivity index (χ0) is 18.0. The van der Waals surface area contributed by atoms with Gasteiger partial charge in [-0.2, -0.15) is 0 Å². The summed E-state index contributed by atoms with van der Waals surface area (Å²) in [5, 5.41) is 2.78. The lowest BCUT2D eigenvalue weighted by atomic mass is 10.2. The van der Waals surface area contributed by atoms with E-state index in [1.54, 1.807) is 12.1 Å². The minimum atomic E-state index is -0.488. The van der Waals surface area contributed by atoms with Crippen molar-refractivity contribution in [1.82, 2.24) is 14.7 Å². The number of methoxy groups -OCH3 is 2. The van der Waals surface area contributed by atoms with E-state index in [2.05, 4.69) is 10.3 Å². The second-order valence-corrected chi connectivity index (χ2v) is 6.39. The Labute approximate surface area is 148 Å². The van der Waals surface area contributed by atoms with Crippen LogP contribution in [0.2, 0.25) is 0 Å². The molecule has 0 aliphatic carbocycles. The molecule has 3 aromatic rings. The van der Waals surface area contributed by atoms with Crippen LogP contribution >= 0.6 is 11.3 Å². The van der Waals surface area contributed by atoms with Crippen LogP contribution in [0.1, 0.15) is 15.4 Å². The smallest absolute Gasteiger partial charge is 0.263 e. The van der Waals surface area contributed by atoms with E-state index < -0.39 is 6.29 Å². The number of carbonyl (C=O) groups is 1. The number of halogens is 1. The highest BCUT2D eigenvalue weighted by Gasteiger charge is 2.19. The molecule has 8 heteroatoms. The summed E-state index contributed by atoms with van der Waals surface area (Å²) in [6, 6.07) is 6.16. The number of hydrogen-bond donors (Lipinski definition) is 1. The molecule has 3 rings (SSSR count). The van der Waals surface area contributed by atoms with Crippen molar-refractivity contribution in [3.63, 3.8) is 0 Å². The Morgan fingerprint density at radius 1 is 1.32 bits per heavy atom. The molecule has 0 saturated heterocycles. The van der Waals surface area contributed by atoms with Gasteiger partial charge in [0.1, 0.15) is 10.7 Å². The quantitative estimate of drug-likeness (QED) is 0.684. The monoisotopic (exact) mass is 363 g/mol. The molecule has 1 amide bonds. The number of ether oxygens (including phenoxy) is 2. The maximum atomic E-state index is 13.0. The maximum absolute atomic E-state index is 13.0. The molecule has 0 bridgehead atoms. The lowest BCUT2D eigenvalue weighted by Crippen LogP contribution is -2.34. The van der Waals surface area contributed by atoms with Crippen molar-refractivity contribution in [1.29, 1.82) is 0 Å². The van der Waals surface area contributed by atoms with Gasteiger partial charge in [-0.25, -0.2) is 9.37 Å². The standard InChI is InChI=1S/C17H18FN3O3S/c1-10-15(16(22)19-8-14(23-2)24-3)25-17-20-13(9-21(10)17)11-4-6-12(18)7-5-11/h4-7,9,14H,8H2,1-3H3,(H,19,22). The number of thiazole rings is 1. The van der Waals surface area contributed by atoms with E-state index in [9.17, 15) is 9.18 Å². The normalized spacial score (nSPS) is 11.4. The average Bonchev–Trinajstić information content (AvgIpc) is 3.16. The Hall–Kier alpha value is -2.29. The van der Waals surface area contributed by atoms with Crippen LogP contribution in [0.25, 0.3) is 16.2 Å². The topological polar surface area (TPSA) is 64.9 Å². The van der Waals surface area contributed by atoms with Crippen molar-refractivity contribution in [2.24, 2.45) is 0 Å². The van der Waals surface area contributed by atoms with Gasteiger partial charge in [0, 0.05) is 31.7 Å². The summed E-state index contributed by atoms with van der Waals surface area (Å²) in [6.07, 6.45) is 1.36. The van der Waals surface area contributed by atoms with Gasteiger partial charge in [-0.3, -0.25) is 9.20 Å². The van der Waals surface area contributed by atoms with E-state index in [0.717, 1.165) is 17.0 Å². The number of hydrogen-bond acceptors (Lipinski definition) is 5. The molecule has 1 N–H and O–H groups in total. The summed E-state index contributed by atoms with van der Waals surface area (Å²) in [5.41, 5.74) is 2.36. The van der Waals surface area contributed by atoms with E-state index in [1.807, 2.05) is 17.5 Å². The van der Waals surface area contributed by atoms with Crippen LogP contribution in [-0.4, -0.2) is 42.3 Å². The highest BCUT2D eigenvalue weighted by atomic mass is 32.1. The maximum Gasteiger partial charge on any atom is 0.263 e. The predicted molar refractivity (Wildman–Crippen MR) is 93.3 cm³/mol. The molecule has 0 radical (unpaired) electrons. The summed E-state index contributed by atoms with van der Waals surface area (Å²) in [6.45, 7) is 2.12. The number of rotatable bonds is 6.